The van der Waals surface area contributed by atoms with Gasteiger partial charge in [-0.2, -0.15) is 0 Å². The van der Waals surface area contributed by atoms with Gasteiger partial charge in [0.1, 0.15) is 24.3 Å². The molecule has 152 valence electrons. The number of benzene rings is 3. The first kappa shape index (κ1) is 20.1. The molecule has 1 unspecified atom stereocenters. The SMILES string of the molecule is OC(COc1ccc2cc(Br)ccc2c1)CN1CCN(c2ccccc2F)CC1. The van der Waals surface area contributed by atoms with E-state index in [0.717, 1.165) is 47.2 Å². The third-order valence-corrected chi connectivity index (χ3v) is 5.74. The van der Waals surface area contributed by atoms with E-state index in [2.05, 4.69) is 31.8 Å². The summed E-state index contributed by atoms with van der Waals surface area (Å²) in [6, 6.07) is 18.9. The molecule has 1 aliphatic heterocycles. The van der Waals surface area contributed by atoms with Gasteiger partial charge in [0.15, 0.2) is 0 Å². The van der Waals surface area contributed by atoms with Gasteiger partial charge in [0.25, 0.3) is 0 Å². The molecule has 1 atom stereocenters. The molecular formula is C23H24BrFN2O2. The van der Waals surface area contributed by atoms with Crippen LogP contribution in [-0.2, 0) is 0 Å². The van der Waals surface area contributed by atoms with Crippen molar-refractivity contribution in [1.82, 2.24) is 4.90 Å². The van der Waals surface area contributed by atoms with Crippen molar-refractivity contribution in [2.75, 3.05) is 44.2 Å². The van der Waals surface area contributed by atoms with E-state index in [9.17, 15) is 9.50 Å². The first-order chi connectivity index (χ1) is 14.1. The van der Waals surface area contributed by atoms with E-state index in [1.54, 1.807) is 6.07 Å². The third kappa shape index (κ3) is 5.07. The Labute approximate surface area is 178 Å². The molecule has 4 rings (SSSR count). The van der Waals surface area contributed by atoms with Crippen LogP contribution in [0.15, 0.2) is 65.1 Å². The van der Waals surface area contributed by atoms with Crippen molar-refractivity contribution < 1.29 is 14.2 Å². The van der Waals surface area contributed by atoms with Gasteiger partial charge >= 0.3 is 0 Å². The minimum absolute atomic E-state index is 0.183. The van der Waals surface area contributed by atoms with Crippen LogP contribution in [0, 0.1) is 5.82 Å². The van der Waals surface area contributed by atoms with Crippen molar-refractivity contribution in [3.8, 4) is 5.75 Å². The Morgan fingerprint density at radius 2 is 1.69 bits per heavy atom. The highest BCUT2D eigenvalue weighted by Crippen LogP contribution is 2.24. The lowest BCUT2D eigenvalue weighted by atomic mass is 10.1. The molecule has 1 heterocycles. The van der Waals surface area contributed by atoms with E-state index in [-0.39, 0.29) is 12.4 Å². The predicted octanol–water partition coefficient (Wildman–Crippen LogP) is 4.30. The molecule has 0 radical (unpaired) electrons. The number of rotatable bonds is 6. The van der Waals surface area contributed by atoms with E-state index in [0.29, 0.717) is 12.2 Å². The average molecular weight is 459 g/mol. The summed E-state index contributed by atoms with van der Waals surface area (Å²) in [5.74, 6) is 0.570. The zero-order valence-corrected chi connectivity index (χ0v) is 17.7. The molecule has 1 saturated heterocycles. The quantitative estimate of drug-likeness (QED) is 0.597. The number of hydrogen-bond donors (Lipinski definition) is 1. The molecule has 6 heteroatoms. The minimum Gasteiger partial charge on any atom is -0.491 e. The highest BCUT2D eigenvalue weighted by Gasteiger charge is 2.21. The third-order valence-electron chi connectivity index (χ3n) is 5.25. The van der Waals surface area contributed by atoms with Gasteiger partial charge in [-0.05, 0) is 47.2 Å². The van der Waals surface area contributed by atoms with Gasteiger partial charge in [-0.25, -0.2) is 4.39 Å². The average Bonchev–Trinajstić information content (AvgIpc) is 2.73. The number of fused-ring (bicyclic) bond motifs is 1. The second-order valence-corrected chi connectivity index (χ2v) is 8.27. The monoisotopic (exact) mass is 458 g/mol. The van der Waals surface area contributed by atoms with Crippen molar-refractivity contribution in [3.63, 3.8) is 0 Å². The number of nitrogens with zero attached hydrogens (tertiary/aromatic N) is 2. The molecule has 29 heavy (non-hydrogen) atoms. The highest BCUT2D eigenvalue weighted by molar-refractivity contribution is 9.10. The van der Waals surface area contributed by atoms with E-state index in [1.165, 1.54) is 6.07 Å². The number of aliphatic hydroxyl groups excluding tert-OH is 1. The number of hydrogen-bond acceptors (Lipinski definition) is 4. The van der Waals surface area contributed by atoms with Crippen LogP contribution in [0.1, 0.15) is 0 Å². The van der Waals surface area contributed by atoms with Gasteiger partial charge in [0.05, 0.1) is 5.69 Å². The van der Waals surface area contributed by atoms with Crippen molar-refractivity contribution >= 4 is 32.4 Å². The summed E-state index contributed by atoms with van der Waals surface area (Å²) in [4.78, 5) is 4.26. The molecular weight excluding hydrogens is 435 g/mol. The Morgan fingerprint density at radius 3 is 2.48 bits per heavy atom. The number of aliphatic hydroxyl groups is 1. The maximum Gasteiger partial charge on any atom is 0.146 e. The Balaban J connectivity index is 1.26. The normalized spacial score (nSPS) is 16.2. The molecule has 1 fully saturated rings. The summed E-state index contributed by atoms with van der Waals surface area (Å²) < 4.78 is 20.8. The van der Waals surface area contributed by atoms with Crippen LogP contribution in [0.5, 0.6) is 5.75 Å². The fraction of sp³-hybridized carbons (Fsp3) is 0.304. The fourth-order valence-electron chi connectivity index (χ4n) is 3.71. The number of para-hydroxylation sites is 1. The maximum atomic E-state index is 13.9. The highest BCUT2D eigenvalue weighted by atomic mass is 79.9. The lowest BCUT2D eigenvalue weighted by Crippen LogP contribution is -2.49. The van der Waals surface area contributed by atoms with Crippen LogP contribution < -0.4 is 9.64 Å². The molecule has 0 aliphatic carbocycles. The Kier molecular flexibility index (Phi) is 6.33. The van der Waals surface area contributed by atoms with Gasteiger partial charge in [0, 0.05) is 37.2 Å². The fourth-order valence-corrected chi connectivity index (χ4v) is 4.09. The summed E-state index contributed by atoms with van der Waals surface area (Å²) in [5.41, 5.74) is 0.652. The van der Waals surface area contributed by atoms with Crippen molar-refractivity contribution in [1.29, 1.82) is 0 Å². The Bertz CT molecular complexity index is 976. The zero-order chi connectivity index (χ0) is 20.2. The van der Waals surface area contributed by atoms with Crippen LogP contribution in [-0.4, -0.2) is 55.4 Å². The topological polar surface area (TPSA) is 35.9 Å². The van der Waals surface area contributed by atoms with Crippen molar-refractivity contribution in [2.45, 2.75) is 6.10 Å². The van der Waals surface area contributed by atoms with Gasteiger partial charge in [0.2, 0.25) is 0 Å². The van der Waals surface area contributed by atoms with Crippen LogP contribution >= 0.6 is 15.9 Å². The summed E-state index contributed by atoms with van der Waals surface area (Å²) in [5, 5.41) is 12.6. The summed E-state index contributed by atoms with van der Waals surface area (Å²) in [6.45, 7) is 3.86. The predicted molar refractivity (Wildman–Crippen MR) is 118 cm³/mol. The summed E-state index contributed by atoms with van der Waals surface area (Å²) in [7, 11) is 0. The van der Waals surface area contributed by atoms with E-state index >= 15 is 0 Å². The van der Waals surface area contributed by atoms with Crippen LogP contribution in [0.3, 0.4) is 0 Å². The zero-order valence-electron chi connectivity index (χ0n) is 16.1. The second-order valence-electron chi connectivity index (χ2n) is 7.36. The lowest BCUT2D eigenvalue weighted by molar-refractivity contribution is 0.0663. The smallest absolute Gasteiger partial charge is 0.146 e. The number of β-amino-alcohol motifs (C(OH)–C–C–N with tert-alkyl or cyclic N) is 1. The van der Waals surface area contributed by atoms with Gasteiger partial charge in [-0.3, -0.25) is 4.90 Å². The number of piperazine rings is 1. The minimum atomic E-state index is -0.573. The molecule has 1 N–H and O–H groups in total. The van der Waals surface area contributed by atoms with Crippen LogP contribution in [0.2, 0.25) is 0 Å². The van der Waals surface area contributed by atoms with Crippen LogP contribution in [0.4, 0.5) is 10.1 Å². The molecule has 0 aromatic heterocycles. The maximum absolute atomic E-state index is 13.9. The number of anilines is 1. The first-order valence-electron chi connectivity index (χ1n) is 9.80. The molecule has 3 aromatic carbocycles. The molecule has 0 spiro atoms. The second kappa shape index (κ2) is 9.11. The Morgan fingerprint density at radius 1 is 0.966 bits per heavy atom. The molecule has 1 aliphatic rings. The molecule has 3 aromatic rings. The van der Waals surface area contributed by atoms with E-state index < -0.39 is 6.10 Å². The van der Waals surface area contributed by atoms with E-state index in [1.807, 2.05) is 42.5 Å². The van der Waals surface area contributed by atoms with Crippen molar-refractivity contribution in [3.05, 3.63) is 71.0 Å². The summed E-state index contributed by atoms with van der Waals surface area (Å²) in [6.07, 6.45) is -0.573. The molecule has 0 bridgehead atoms. The van der Waals surface area contributed by atoms with Gasteiger partial charge < -0.3 is 14.7 Å². The molecule has 0 saturated carbocycles. The van der Waals surface area contributed by atoms with Gasteiger partial charge in [-0.15, -0.1) is 0 Å². The number of ether oxygens (including phenoxy) is 1. The summed E-state index contributed by atoms with van der Waals surface area (Å²) >= 11 is 3.48. The molecule has 4 nitrogen and oxygen atoms in total. The lowest BCUT2D eigenvalue weighted by Gasteiger charge is -2.36. The van der Waals surface area contributed by atoms with E-state index in [4.69, 9.17) is 4.74 Å². The standard InChI is InChI=1S/C23H24BrFN2O2/c24-19-7-5-18-14-21(8-6-17(18)13-19)29-16-20(28)15-26-9-11-27(12-10-26)23-4-2-1-3-22(23)25/h1-8,13-14,20,28H,9-12,15-16H2. The first-order valence-corrected chi connectivity index (χ1v) is 10.6. The van der Waals surface area contributed by atoms with Crippen molar-refractivity contribution in [2.24, 2.45) is 0 Å². The largest absolute Gasteiger partial charge is 0.491 e. The Hall–Kier alpha value is -2.15. The number of halogens is 2. The molecule has 0 amide bonds. The van der Waals surface area contributed by atoms with Gasteiger partial charge in [-0.1, -0.05) is 40.2 Å². The van der Waals surface area contributed by atoms with Crippen LogP contribution in [0.25, 0.3) is 10.8 Å².